The van der Waals surface area contributed by atoms with Gasteiger partial charge in [-0.2, -0.15) is 13.2 Å². The molecular formula is C15H18F3NO3S. The van der Waals surface area contributed by atoms with Crippen LogP contribution in [0, 0.1) is 0 Å². The molecule has 2 atom stereocenters. The van der Waals surface area contributed by atoms with E-state index in [9.17, 15) is 26.4 Å². The Labute approximate surface area is 133 Å². The molecule has 23 heavy (non-hydrogen) atoms. The summed E-state index contributed by atoms with van der Waals surface area (Å²) in [6.45, 7) is 1.01. The number of carbonyl (C=O) groups excluding carboxylic acids is 1. The van der Waals surface area contributed by atoms with Crippen LogP contribution in [-0.2, 0) is 20.2 Å². The van der Waals surface area contributed by atoms with Crippen LogP contribution >= 0.6 is 0 Å². The Balaban J connectivity index is 2.57. The van der Waals surface area contributed by atoms with Gasteiger partial charge >= 0.3 is 6.18 Å². The van der Waals surface area contributed by atoms with Crippen LogP contribution in [0.3, 0.4) is 0 Å². The fourth-order valence-electron chi connectivity index (χ4n) is 2.99. The second kappa shape index (κ2) is 5.81. The van der Waals surface area contributed by atoms with Crippen molar-refractivity contribution in [3.8, 4) is 0 Å². The van der Waals surface area contributed by atoms with Crippen molar-refractivity contribution >= 4 is 15.7 Å². The molecule has 1 fully saturated rings. The van der Waals surface area contributed by atoms with Gasteiger partial charge in [-0.25, -0.2) is 8.42 Å². The largest absolute Gasteiger partial charge is 0.415 e. The molecule has 128 valence electrons. The number of halogens is 3. The lowest BCUT2D eigenvalue weighted by atomic mass is 9.86. The maximum Gasteiger partial charge on any atom is 0.415 e. The van der Waals surface area contributed by atoms with Crippen molar-refractivity contribution in [1.82, 2.24) is 4.90 Å². The molecule has 1 aliphatic rings. The fourth-order valence-corrected chi connectivity index (χ4v) is 3.49. The van der Waals surface area contributed by atoms with Gasteiger partial charge in [0.15, 0.2) is 15.4 Å². The van der Waals surface area contributed by atoms with Gasteiger partial charge in [0.25, 0.3) is 0 Å². The van der Waals surface area contributed by atoms with Gasteiger partial charge in [0, 0.05) is 12.8 Å². The van der Waals surface area contributed by atoms with Gasteiger partial charge < -0.3 is 4.90 Å². The van der Waals surface area contributed by atoms with Crippen LogP contribution in [0.25, 0.3) is 0 Å². The number of alkyl halides is 3. The van der Waals surface area contributed by atoms with Gasteiger partial charge in [0.1, 0.15) is 5.25 Å². The molecule has 8 heteroatoms. The molecule has 1 aliphatic heterocycles. The molecular weight excluding hydrogens is 331 g/mol. The summed E-state index contributed by atoms with van der Waals surface area (Å²) < 4.78 is 65.0. The molecule has 1 heterocycles. The maximum absolute atomic E-state index is 13.9. The zero-order valence-corrected chi connectivity index (χ0v) is 13.6. The molecule has 2 rings (SSSR count). The zero-order valence-electron chi connectivity index (χ0n) is 12.8. The number of sulfone groups is 1. The van der Waals surface area contributed by atoms with E-state index >= 15 is 0 Å². The average Bonchev–Trinajstić information content (AvgIpc) is 2.91. The number of amides is 1. The quantitative estimate of drug-likeness (QED) is 0.843. The topological polar surface area (TPSA) is 54.5 Å². The van der Waals surface area contributed by atoms with Crippen LogP contribution in [0.15, 0.2) is 30.3 Å². The molecule has 0 aromatic heterocycles. The van der Waals surface area contributed by atoms with E-state index in [-0.39, 0.29) is 24.9 Å². The molecule has 0 bridgehead atoms. The molecule has 0 radical (unpaired) electrons. The van der Waals surface area contributed by atoms with Gasteiger partial charge in [-0.15, -0.1) is 0 Å². The summed E-state index contributed by atoms with van der Waals surface area (Å²) in [5, 5.41) is -1.51. The average molecular weight is 349 g/mol. The smallest absolute Gasteiger partial charge is 0.323 e. The van der Waals surface area contributed by atoms with E-state index < -0.39 is 32.7 Å². The first-order valence-electron chi connectivity index (χ1n) is 7.14. The third-order valence-electron chi connectivity index (χ3n) is 4.36. The molecule has 1 amide bonds. The van der Waals surface area contributed by atoms with Gasteiger partial charge in [-0.3, -0.25) is 4.79 Å². The van der Waals surface area contributed by atoms with Gasteiger partial charge in [0.2, 0.25) is 5.91 Å². The molecule has 1 aromatic rings. The summed E-state index contributed by atoms with van der Waals surface area (Å²) in [6.07, 6.45) is -3.96. The summed E-state index contributed by atoms with van der Waals surface area (Å²) in [6, 6.07) is 7.19. The highest BCUT2D eigenvalue weighted by molar-refractivity contribution is 7.92. The highest BCUT2D eigenvalue weighted by Crippen LogP contribution is 2.50. The number of nitrogens with zero attached hydrogens (tertiary/aromatic N) is 1. The van der Waals surface area contributed by atoms with E-state index in [0.717, 1.165) is 13.2 Å². The lowest BCUT2D eigenvalue weighted by Gasteiger charge is -2.41. The van der Waals surface area contributed by atoms with Crippen LogP contribution in [0.4, 0.5) is 13.2 Å². The standard InChI is InChI=1S/C15H18F3NO3S/c1-11(23(2,21)22)13(20)19-10-6-9-14(19,15(16,17)18)12-7-4-3-5-8-12/h3-5,7-8,11H,6,9-10H2,1-2H3/t11-,14+/m0/s1. The third-order valence-corrected chi connectivity index (χ3v) is 5.84. The summed E-state index contributed by atoms with van der Waals surface area (Å²) in [5.41, 5.74) is -2.51. The second-order valence-corrected chi connectivity index (χ2v) is 8.16. The van der Waals surface area contributed by atoms with Crippen LogP contribution in [0.1, 0.15) is 25.3 Å². The van der Waals surface area contributed by atoms with E-state index in [2.05, 4.69) is 0 Å². The Hall–Kier alpha value is -1.57. The summed E-state index contributed by atoms with van der Waals surface area (Å²) in [4.78, 5) is 13.2. The molecule has 0 unspecified atom stereocenters. The number of hydrogen-bond donors (Lipinski definition) is 0. The summed E-state index contributed by atoms with van der Waals surface area (Å²) in [7, 11) is -3.78. The van der Waals surface area contributed by atoms with E-state index in [1.807, 2.05) is 0 Å². The van der Waals surface area contributed by atoms with Gasteiger partial charge in [-0.05, 0) is 25.3 Å². The Morgan fingerprint density at radius 2 is 1.83 bits per heavy atom. The molecule has 0 aliphatic carbocycles. The number of hydrogen-bond acceptors (Lipinski definition) is 3. The highest BCUT2D eigenvalue weighted by Gasteiger charge is 2.63. The lowest BCUT2D eigenvalue weighted by molar-refractivity contribution is -0.228. The first kappa shape index (κ1) is 17.8. The van der Waals surface area contributed by atoms with Gasteiger partial charge in [0.05, 0.1) is 0 Å². The van der Waals surface area contributed by atoms with Crippen molar-refractivity contribution in [3.05, 3.63) is 35.9 Å². The predicted molar refractivity (Wildman–Crippen MR) is 79.4 cm³/mol. The van der Waals surface area contributed by atoms with E-state index in [0.29, 0.717) is 4.90 Å². The maximum atomic E-state index is 13.9. The number of rotatable bonds is 3. The highest BCUT2D eigenvalue weighted by atomic mass is 32.2. The summed E-state index contributed by atoms with van der Waals surface area (Å²) >= 11 is 0. The molecule has 1 aromatic carbocycles. The predicted octanol–water partition coefficient (Wildman–Crippen LogP) is 2.50. The van der Waals surface area contributed by atoms with Crippen molar-refractivity contribution in [1.29, 1.82) is 0 Å². The van der Waals surface area contributed by atoms with Crippen molar-refractivity contribution in [2.45, 2.75) is 36.7 Å². The fraction of sp³-hybridized carbons (Fsp3) is 0.533. The number of likely N-dealkylation sites (tertiary alicyclic amines) is 1. The van der Waals surface area contributed by atoms with E-state index in [4.69, 9.17) is 0 Å². The first-order valence-corrected chi connectivity index (χ1v) is 9.10. The molecule has 0 spiro atoms. The Kier molecular flexibility index (Phi) is 4.49. The minimum absolute atomic E-state index is 0.0425. The molecule has 1 saturated heterocycles. The molecule has 0 N–H and O–H groups in total. The zero-order chi connectivity index (χ0) is 17.5. The Morgan fingerprint density at radius 1 is 1.26 bits per heavy atom. The van der Waals surface area contributed by atoms with E-state index in [1.54, 1.807) is 6.07 Å². The van der Waals surface area contributed by atoms with Crippen molar-refractivity contribution in [3.63, 3.8) is 0 Å². The monoisotopic (exact) mass is 349 g/mol. The van der Waals surface area contributed by atoms with Gasteiger partial charge in [-0.1, -0.05) is 30.3 Å². The van der Waals surface area contributed by atoms with Crippen molar-refractivity contribution in [2.75, 3.05) is 12.8 Å². The van der Waals surface area contributed by atoms with Crippen molar-refractivity contribution < 1.29 is 26.4 Å². The number of carbonyl (C=O) groups is 1. The lowest BCUT2D eigenvalue weighted by Crippen LogP contribution is -2.57. The molecule has 4 nitrogen and oxygen atoms in total. The van der Waals surface area contributed by atoms with Crippen LogP contribution in [-0.4, -0.2) is 43.5 Å². The Morgan fingerprint density at radius 3 is 2.30 bits per heavy atom. The SMILES string of the molecule is C[C@@H](C(=O)N1CCC[C@@]1(c1ccccc1)C(F)(F)F)S(C)(=O)=O. The van der Waals surface area contributed by atoms with Crippen LogP contribution in [0.2, 0.25) is 0 Å². The van der Waals surface area contributed by atoms with Crippen LogP contribution < -0.4 is 0 Å². The minimum atomic E-state index is -4.70. The summed E-state index contributed by atoms with van der Waals surface area (Å²) in [5.74, 6) is -1.01. The van der Waals surface area contributed by atoms with Crippen molar-refractivity contribution in [2.24, 2.45) is 0 Å². The first-order chi connectivity index (χ1) is 10.5. The third kappa shape index (κ3) is 2.96. The Bertz CT molecular complexity index is 688. The van der Waals surface area contributed by atoms with E-state index in [1.165, 1.54) is 24.3 Å². The minimum Gasteiger partial charge on any atom is -0.323 e. The second-order valence-electron chi connectivity index (χ2n) is 5.79. The normalized spacial score (nSPS) is 23.8. The molecule has 0 saturated carbocycles. The van der Waals surface area contributed by atoms with Crippen LogP contribution in [0.5, 0.6) is 0 Å². The number of benzene rings is 1.